The first-order valence-corrected chi connectivity index (χ1v) is 6.75. The Hall–Kier alpha value is -1.87. The molecule has 0 aliphatic heterocycles. The highest BCUT2D eigenvalue weighted by Crippen LogP contribution is 2.21. The zero-order valence-corrected chi connectivity index (χ0v) is 12.1. The Bertz CT molecular complexity index is 605. The van der Waals surface area contributed by atoms with E-state index in [1.165, 1.54) is 0 Å². The fraction of sp³-hybridized carbons (Fsp3) is 0.0625. The highest BCUT2D eigenvalue weighted by molar-refractivity contribution is 9.10. The Labute approximate surface area is 121 Å². The highest BCUT2D eigenvalue weighted by Gasteiger charge is 2.06. The van der Waals surface area contributed by atoms with Crippen LogP contribution in [0.25, 0.3) is 6.08 Å². The summed E-state index contributed by atoms with van der Waals surface area (Å²) in [6.07, 6.45) is 1.87. The molecule has 0 aromatic heterocycles. The Morgan fingerprint density at radius 1 is 1.05 bits per heavy atom. The standard InChI is InChI=1S/C16H14BrNO/c1-12(11-13-7-3-2-4-8-13)16(19)18-15-10-6-5-9-14(15)17/h2-11H,1H3,(H,18,19)/b12-11+. The Kier molecular flexibility index (Phi) is 4.53. The normalized spacial score (nSPS) is 11.2. The first kappa shape index (κ1) is 13.6. The molecule has 0 unspecified atom stereocenters. The summed E-state index contributed by atoms with van der Waals surface area (Å²) < 4.78 is 0.871. The van der Waals surface area contributed by atoms with Gasteiger partial charge in [-0.25, -0.2) is 0 Å². The zero-order valence-electron chi connectivity index (χ0n) is 10.6. The van der Waals surface area contributed by atoms with Crippen molar-refractivity contribution in [3.63, 3.8) is 0 Å². The van der Waals surface area contributed by atoms with Crippen LogP contribution in [0.4, 0.5) is 5.69 Å². The van der Waals surface area contributed by atoms with E-state index in [1.54, 1.807) is 6.92 Å². The summed E-state index contributed by atoms with van der Waals surface area (Å²) in [5, 5.41) is 2.88. The number of carbonyl (C=O) groups is 1. The van der Waals surface area contributed by atoms with Gasteiger partial charge in [0.2, 0.25) is 0 Å². The summed E-state index contributed by atoms with van der Waals surface area (Å²) in [7, 11) is 0. The van der Waals surface area contributed by atoms with Gasteiger partial charge in [-0.3, -0.25) is 4.79 Å². The lowest BCUT2D eigenvalue weighted by molar-refractivity contribution is -0.112. The van der Waals surface area contributed by atoms with Crippen LogP contribution in [0.2, 0.25) is 0 Å². The van der Waals surface area contributed by atoms with Crippen LogP contribution in [0.15, 0.2) is 64.6 Å². The van der Waals surface area contributed by atoms with E-state index < -0.39 is 0 Å². The minimum atomic E-state index is -0.101. The van der Waals surface area contributed by atoms with E-state index in [9.17, 15) is 4.79 Å². The van der Waals surface area contributed by atoms with E-state index >= 15 is 0 Å². The van der Waals surface area contributed by atoms with Crippen molar-refractivity contribution >= 4 is 33.6 Å². The van der Waals surface area contributed by atoms with Crippen LogP contribution < -0.4 is 5.32 Å². The zero-order chi connectivity index (χ0) is 13.7. The molecule has 1 amide bonds. The molecule has 0 heterocycles. The molecule has 0 bridgehead atoms. The third kappa shape index (κ3) is 3.80. The molecule has 0 spiro atoms. The number of hydrogen-bond donors (Lipinski definition) is 1. The van der Waals surface area contributed by atoms with Crippen LogP contribution in [0, 0.1) is 0 Å². The maximum Gasteiger partial charge on any atom is 0.251 e. The van der Waals surface area contributed by atoms with E-state index in [0.717, 1.165) is 15.7 Å². The van der Waals surface area contributed by atoms with Gasteiger partial charge in [0.1, 0.15) is 0 Å². The van der Waals surface area contributed by atoms with Crippen molar-refractivity contribution in [1.82, 2.24) is 0 Å². The van der Waals surface area contributed by atoms with Crippen LogP contribution in [-0.4, -0.2) is 5.91 Å². The fourth-order valence-corrected chi connectivity index (χ4v) is 2.03. The molecule has 0 fully saturated rings. The molecule has 2 rings (SSSR count). The molecule has 2 aromatic carbocycles. The van der Waals surface area contributed by atoms with E-state index in [-0.39, 0.29) is 5.91 Å². The lowest BCUT2D eigenvalue weighted by Crippen LogP contribution is -2.12. The first-order chi connectivity index (χ1) is 9.16. The van der Waals surface area contributed by atoms with Crippen molar-refractivity contribution in [1.29, 1.82) is 0 Å². The SMILES string of the molecule is C/C(=C\c1ccccc1)C(=O)Nc1ccccc1Br. The van der Waals surface area contributed by atoms with E-state index in [0.29, 0.717) is 5.57 Å². The molecule has 0 aliphatic rings. The molecular weight excluding hydrogens is 302 g/mol. The quantitative estimate of drug-likeness (QED) is 0.831. The third-order valence-electron chi connectivity index (χ3n) is 2.66. The minimum absolute atomic E-state index is 0.101. The van der Waals surface area contributed by atoms with Gasteiger partial charge in [0.05, 0.1) is 5.69 Å². The average Bonchev–Trinajstić information content (AvgIpc) is 2.42. The predicted octanol–water partition coefficient (Wildman–Crippen LogP) is 4.49. The number of carbonyl (C=O) groups excluding carboxylic acids is 1. The molecule has 1 N–H and O–H groups in total. The van der Waals surface area contributed by atoms with Crippen molar-refractivity contribution in [3.05, 3.63) is 70.2 Å². The monoisotopic (exact) mass is 315 g/mol. The molecule has 0 saturated carbocycles. The Morgan fingerprint density at radius 3 is 2.37 bits per heavy atom. The van der Waals surface area contributed by atoms with Gasteiger partial charge < -0.3 is 5.32 Å². The highest BCUT2D eigenvalue weighted by atomic mass is 79.9. The van der Waals surface area contributed by atoms with E-state index in [4.69, 9.17) is 0 Å². The lowest BCUT2D eigenvalue weighted by Gasteiger charge is -2.07. The number of amides is 1. The molecule has 0 aliphatic carbocycles. The second-order valence-electron chi connectivity index (χ2n) is 4.17. The molecule has 0 saturated heterocycles. The van der Waals surface area contributed by atoms with Gasteiger partial charge in [-0.2, -0.15) is 0 Å². The molecule has 96 valence electrons. The van der Waals surface area contributed by atoms with Crippen LogP contribution in [0.5, 0.6) is 0 Å². The number of rotatable bonds is 3. The number of anilines is 1. The minimum Gasteiger partial charge on any atom is -0.321 e. The second-order valence-corrected chi connectivity index (χ2v) is 5.03. The number of para-hydroxylation sites is 1. The van der Waals surface area contributed by atoms with Crippen molar-refractivity contribution in [2.75, 3.05) is 5.32 Å². The number of nitrogens with one attached hydrogen (secondary N) is 1. The summed E-state index contributed by atoms with van der Waals surface area (Å²) in [5.41, 5.74) is 2.46. The first-order valence-electron chi connectivity index (χ1n) is 5.96. The van der Waals surface area contributed by atoms with Crippen molar-refractivity contribution < 1.29 is 4.79 Å². The summed E-state index contributed by atoms with van der Waals surface area (Å²) in [5.74, 6) is -0.101. The van der Waals surface area contributed by atoms with Crippen LogP contribution in [0.3, 0.4) is 0 Å². The molecule has 0 radical (unpaired) electrons. The van der Waals surface area contributed by atoms with Gasteiger partial charge in [0, 0.05) is 10.0 Å². The summed E-state index contributed by atoms with van der Waals surface area (Å²) in [4.78, 5) is 12.1. The summed E-state index contributed by atoms with van der Waals surface area (Å²) in [6, 6.07) is 17.3. The van der Waals surface area contributed by atoms with Crippen molar-refractivity contribution in [2.45, 2.75) is 6.92 Å². The summed E-state index contributed by atoms with van der Waals surface area (Å²) >= 11 is 3.41. The molecule has 2 aromatic rings. The Morgan fingerprint density at radius 2 is 1.68 bits per heavy atom. The maximum absolute atomic E-state index is 12.1. The molecule has 19 heavy (non-hydrogen) atoms. The molecule has 2 nitrogen and oxygen atoms in total. The fourth-order valence-electron chi connectivity index (χ4n) is 1.65. The van der Waals surface area contributed by atoms with Crippen molar-refractivity contribution in [2.24, 2.45) is 0 Å². The van der Waals surface area contributed by atoms with Crippen LogP contribution in [0.1, 0.15) is 12.5 Å². The topological polar surface area (TPSA) is 29.1 Å². The van der Waals surface area contributed by atoms with E-state index in [1.807, 2.05) is 60.7 Å². The van der Waals surface area contributed by atoms with E-state index in [2.05, 4.69) is 21.2 Å². The van der Waals surface area contributed by atoms with Crippen molar-refractivity contribution in [3.8, 4) is 0 Å². The lowest BCUT2D eigenvalue weighted by atomic mass is 10.1. The van der Waals surface area contributed by atoms with Gasteiger partial charge >= 0.3 is 0 Å². The largest absolute Gasteiger partial charge is 0.321 e. The van der Waals surface area contributed by atoms with Gasteiger partial charge in [0.15, 0.2) is 0 Å². The van der Waals surface area contributed by atoms with Gasteiger partial charge in [-0.05, 0) is 46.6 Å². The molecular formula is C16H14BrNO. The van der Waals surface area contributed by atoms with Gasteiger partial charge in [0.25, 0.3) is 5.91 Å². The van der Waals surface area contributed by atoms with Crippen LogP contribution >= 0.6 is 15.9 Å². The molecule has 3 heteroatoms. The number of hydrogen-bond acceptors (Lipinski definition) is 1. The number of benzene rings is 2. The van der Waals surface area contributed by atoms with Gasteiger partial charge in [-0.15, -0.1) is 0 Å². The number of halogens is 1. The summed E-state index contributed by atoms with van der Waals surface area (Å²) in [6.45, 7) is 1.80. The Balaban J connectivity index is 2.12. The van der Waals surface area contributed by atoms with Crippen LogP contribution in [-0.2, 0) is 4.79 Å². The third-order valence-corrected chi connectivity index (χ3v) is 3.35. The predicted molar refractivity (Wildman–Crippen MR) is 82.9 cm³/mol. The van der Waals surface area contributed by atoms with Gasteiger partial charge in [-0.1, -0.05) is 42.5 Å². The maximum atomic E-state index is 12.1. The molecule has 0 atom stereocenters. The smallest absolute Gasteiger partial charge is 0.251 e. The average molecular weight is 316 g/mol. The second kappa shape index (κ2) is 6.34.